The van der Waals surface area contributed by atoms with Gasteiger partial charge < -0.3 is 5.32 Å². The second-order valence-corrected chi connectivity index (χ2v) is 5.47. The van der Waals surface area contributed by atoms with Gasteiger partial charge in [-0.1, -0.05) is 31.2 Å². The van der Waals surface area contributed by atoms with Gasteiger partial charge in [-0.3, -0.25) is 0 Å². The Balaban J connectivity index is 1.95. The van der Waals surface area contributed by atoms with E-state index in [-0.39, 0.29) is 0 Å². The maximum absolute atomic E-state index is 4.77. The van der Waals surface area contributed by atoms with E-state index in [0.717, 1.165) is 36.6 Å². The first kappa shape index (κ1) is 13.1. The second kappa shape index (κ2) is 5.23. The normalized spacial score (nSPS) is 14.3. The highest BCUT2D eigenvalue weighted by molar-refractivity contribution is 5.47. The number of nitrogens with one attached hydrogen (secondary N) is 1. The SMILES string of the molecule is CCc1c(C)nc(C2Cc3ccccc3C2)nc1NC. The van der Waals surface area contributed by atoms with Gasteiger partial charge in [0.15, 0.2) is 0 Å². The molecule has 1 heterocycles. The summed E-state index contributed by atoms with van der Waals surface area (Å²) >= 11 is 0. The first-order valence-corrected chi connectivity index (χ1v) is 7.34. The lowest BCUT2D eigenvalue weighted by Crippen LogP contribution is -2.11. The van der Waals surface area contributed by atoms with Gasteiger partial charge in [0.05, 0.1) is 0 Å². The predicted molar refractivity (Wildman–Crippen MR) is 82.3 cm³/mol. The molecule has 20 heavy (non-hydrogen) atoms. The minimum absolute atomic E-state index is 0.420. The first-order valence-electron chi connectivity index (χ1n) is 7.34. The molecule has 0 atom stereocenters. The van der Waals surface area contributed by atoms with Crippen LogP contribution in [-0.4, -0.2) is 17.0 Å². The maximum Gasteiger partial charge on any atom is 0.134 e. The number of fused-ring (bicyclic) bond motifs is 1. The molecule has 1 aliphatic carbocycles. The number of aryl methyl sites for hydroxylation is 1. The third kappa shape index (κ3) is 2.17. The quantitative estimate of drug-likeness (QED) is 0.927. The minimum atomic E-state index is 0.420. The highest BCUT2D eigenvalue weighted by Crippen LogP contribution is 2.33. The van der Waals surface area contributed by atoms with Gasteiger partial charge in [0.1, 0.15) is 11.6 Å². The molecular formula is C17H21N3. The predicted octanol–water partition coefficient (Wildman–Crippen LogP) is 3.27. The molecule has 1 aromatic carbocycles. The molecule has 104 valence electrons. The fourth-order valence-corrected chi connectivity index (χ4v) is 3.17. The molecule has 0 saturated heterocycles. The summed E-state index contributed by atoms with van der Waals surface area (Å²) in [5.41, 5.74) is 5.23. The van der Waals surface area contributed by atoms with Crippen molar-refractivity contribution in [1.82, 2.24) is 9.97 Å². The Kier molecular flexibility index (Phi) is 3.43. The fraction of sp³-hybridized carbons (Fsp3) is 0.412. The van der Waals surface area contributed by atoms with E-state index in [4.69, 9.17) is 9.97 Å². The number of hydrogen-bond acceptors (Lipinski definition) is 3. The van der Waals surface area contributed by atoms with E-state index in [2.05, 4.69) is 43.4 Å². The van der Waals surface area contributed by atoms with E-state index in [1.807, 2.05) is 7.05 Å². The van der Waals surface area contributed by atoms with Gasteiger partial charge in [0.25, 0.3) is 0 Å². The summed E-state index contributed by atoms with van der Waals surface area (Å²) in [6.07, 6.45) is 3.08. The van der Waals surface area contributed by atoms with E-state index < -0.39 is 0 Å². The first-order chi connectivity index (χ1) is 9.72. The van der Waals surface area contributed by atoms with Gasteiger partial charge in [-0.2, -0.15) is 0 Å². The van der Waals surface area contributed by atoms with Crippen molar-refractivity contribution < 1.29 is 0 Å². The highest BCUT2D eigenvalue weighted by Gasteiger charge is 2.25. The number of nitrogens with zero attached hydrogens (tertiary/aromatic N) is 2. The molecule has 0 aliphatic heterocycles. The highest BCUT2D eigenvalue weighted by atomic mass is 15.0. The van der Waals surface area contributed by atoms with E-state index in [9.17, 15) is 0 Å². The Bertz CT molecular complexity index is 609. The van der Waals surface area contributed by atoms with Crippen LogP contribution in [0.4, 0.5) is 5.82 Å². The van der Waals surface area contributed by atoms with Crippen molar-refractivity contribution in [3.8, 4) is 0 Å². The van der Waals surface area contributed by atoms with Crippen molar-refractivity contribution in [1.29, 1.82) is 0 Å². The van der Waals surface area contributed by atoms with Crippen LogP contribution in [0.1, 0.15) is 41.1 Å². The number of anilines is 1. The van der Waals surface area contributed by atoms with Gasteiger partial charge >= 0.3 is 0 Å². The number of rotatable bonds is 3. The zero-order valence-electron chi connectivity index (χ0n) is 12.4. The summed E-state index contributed by atoms with van der Waals surface area (Å²) < 4.78 is 0. The van der Waals surface area contributed by atoms with Crippen molar-refractivity contribution in [2.24, 2.45) is 0 Å². The van der Waals surface area contributed by atoms with Crippen LogP contribution < -0.4 is 5.32 Å². The number of benzene rings is 1. The zero-order valence-corrected chi connectivity index (χ0v) is 12.4. The molecule has 2 aromatic rings. The van der Waals surface area contributed by atoms with E-state index in [1.54, 1.807) is 0 Å². The van der Waals surface area contributed by atoms with Crippen LogP contribution in [0.2, 0.25) is 0 Å². The van der Waals surface area contributed by atoms with Crippen LogP contribution in [-0.2, 0) is 19.3 Å². The van der Waals surface area contributed by atoms with Crippen molar-refractivity contribution in [3.63, 3.8) is 0 Å². The van der Waals surface area contributed by atoms with Crippen molar-refractivity contribution in [3.05, 3.63) is 52.5 Å². The molecule has 3 rings (SSSR count). The third-order valence-corrected chi connectivity index (χ3v) is 4.24. The van der Waals surface area contributed by atoms with Crippen LogP contribution in [0.3, 0.4) is 0 Å². The molecule has 0 spiro atoms. The third-order valence-electron chi connectivity index (χ3n) is 4.24. The average molecular weight is 267 g/mol. The molecule has 3 heteroatoms. The van der Waals surface area contributed by atoms with E-state index in [1.165, 1.54) is 16.7 Å². The van der Waals surface area contributed by atoms with Crippen LogP contribution >= 0.6 is 0 Å². The second-order valence-electron chi connectivity index (χ2n) is 5.47. The summed E-state index contributed by atoms with van der Waals surface area (Å²) in [7, 11) is 1.94. The Morgan fingerprint density at radius 3 is 2.35 bits per heavy atom. The van der Waals surface area contributed by atoms with Crippen LogP contribution in [0.5, 0.6) is 0 Å². The van der Waals surface area contributed by atoms with Crippen LogP contribution in [0, 0.1) is 6.92 Å². The molecule has 1 N–H and O–H groups in total. The lowest BCUT2D eigenvalue weighted by Gasteiger charge is -2.14. The van der Waals surface area contributed by atoms with Gasteiger partial charge in [-0.15, -0.1) is 0 Å². The topological polar surface area (TPSA) is 37.8 Å². The van der Waals surface area contributed by atoms with Gasteiger partial charge in [-0.05, 0) is 37.3 Å². The molecule has 3 nitrogen and oxygen atoms in total. The van der Waals surface area contributed by atoms with Gasteiger partial charge in [-0.25, -0.2) is 9.97 Å². The molecule has 1 aromatic heterocycles. The smallest absolute Gasteiger partial charge is 0.134 e. The Labute approximate surface area is 120 Å². The average Bonchev–Trinajstić information content (AvgIpc) is 2.90. The summed E-state index contributed by atoms with van der Waals surface area (Å²) in [5, 5.41) is 3.22. The minimum Gasteiger partial charge on any atom is -0.373 e. The largest absolute Gasteiger partial charge is 0.373 e. The fourth-order valence-electron chi connectivity index (χ4n) is 3.17. The Hall–Kier alpha value is -1.90. The van der Waals surface area contributed by atoms with E-state index in [0.29, 0.717) is 5.92 Å². The van der Waals surface area contributed by atoms with Crippen molar-refractivity contribution >= 4 is 5.82 Å². The molecular weight excluding hydrogens is 246 g/mol. The Morgan fingerprint density at radius 1 is 1.15 bits per heavy atom. The van der Waals surface area contributed by atoms with Gasteiger partial charge in [0.2, 0.25) is 0 Å². The van der Waals surface area contributed by atoms with Crippen molar-refractivity contribution in [2.45, 2.75) is 39.0 Å². The summed E-state index contributed by atoms with van der Waals surface area (Å²) in [6, 6.07) is 8.68. The molecule has 0 bridgehead atoms. The number of aromatic nitrogens is 2. The molecule has 0 radical (unpaired) electrons. The zero-order chi connectivity index (χ0) is 14.1. The van der Waals surface area contributed by atoms with E-state index >= 15 is 0 Å². The Morgan fingerprint density at radius 2 is 1.80 bits per heavy atom. The summed E-state index contributed by atoms with van der Waals surface area (Å²) in [5.74, 6) is 2.40. The standard InChI is InChI=1S/C17H21N3/c1-4-15-11(2)19-16(20-17(15)18-3)14-9-12-7-5-6-8-13(12)10-14/h5-8,14H,4,9-10H2,1-3H3,(H,18,19,20). The summed E-state index contributed by atoms with van der Waals surface area (Å²) in [4.78, 5) is 9.53. The van der Waals surface area contributed by atoms with Crippen molar-refractivity contribution in [2.75, 3.05) is 12.4 Å². The molecule has 0 amide bonds. The lowest BCUT2D eigenvalue weighted by molar-refractivity contribution is 0.676. The van der Waals surface area contributed by atoms with Gasteiger partial charge in [0, 0.05) is 24.2 Å². The maximum atomic E-state index is 4.77. The van der Waals surface area contributed by atoms with Crippen LogP contribution in [0.25, 0.3) is 0 Å². The monoisotopic (exact) mass is 267 g/mol. The summed E-state index contributed by atoms with van der Waals surface area (Å²) in [6.45, 7) is 4.24. The molecule has 0 saturated carbocycles. The molecule has 0 unspecified atom stereocenters. The molecule has 1 aliphatic rings. The number of hydrogen-bond donors (Lipinski definition) is 1. The molecule has 0 fully saturated rings. The lowest BCUT2D eigenvalue weighted by atomic mass is 10.0. The van der Waals surface area contributed by atoms with Crippen LogP contribution in [0.15, 0.2) is 24.3 Å².